The minimum Gasteiger partial charge on any atom is -0.497 e. The Bertz CT molecular complexity index is 812. The van der Waals surface area contributed by atoms with Crippen molar-refractivity contribution in [2.24, 2.45) is 0 Å². The molecule has 0 unspecified atom stereocenters. The van der Waals surface area contributed by atoms with Gasteiger partial charge in [0.2, 0.25) is 5.89 Å². The van der Waals surface area contributed by atoms with Gasteiger partial charge in [0.25, 0.3) is 0 Å². The molecule has 2 aliphatic heterocycles. The molecule has 158 valence electrons. The first-order valence-corrected chi connectivity index (χ1v) is 11.6. The highest BCUT2D eigenvalue weighted by molar-refractivity contribution is 7.99. The first-order chi connectivity index (χ1) is 14.2. The van der Waals surface area contributed by atoms with Gasteiger partial charge in [0.1, 0.15) is 17.3 Å². The number of benzene rings is 1. The predicted molar refractivity (Wildman–Crippen MR) is 117 cm³/mol. The maximum atomic E-state index is 6.01. The summed E-state index contributed by atoms with van der Waals surface area (Å²) in [5, 5.41) is 0. The normalized spacial score (nSPS) is 19.4. The summed E-state index contributed by atoms with van der Waals surface area (Å²) in [6.07, 6.45) is 2.50. The second-order valence-corrected chi connectivity index (χ2v) is 8.97. The minimum absolute atomic E-state index is 0.609. The quantitative estimate of drug-likeness (QED) is 0.711. The molecule has 2 saturated heterocycles. The number of rotatable bonds is 6. The van der Waals surface area contributed by atoms with E-state index < -0.39 is 0 Å². The van der Waals surface area contributed by atoms with Crippen LogP contribution in [0.4, 0.5) is 0 Å². The van der Waals surface area contributed by atoms with Crippen molar-refractivity contribution in [1.82, 2.24) is 14.8 Å². The van der Waals surface area contributed by atoms with E-state index in [1.807, 2.05) is 25.1 Å². The van der Waals surface area contributed by atoms with Crippen LogP contribution in [0.25, 0.3) is 11.5 Å². The molecule has 2 aromatic rings. The average molecular weight is 418 g/mol. The number of likely N-dealkylation sites (tertiary alicyclic amines) is 1. The zero-order valence-electron chi connectivity index (χ0n) is 17.6. The molecule has 0 aliphatic carbocycles. The number of ether oxygens (including phenoxy) is 2. The Morgan fingerprint density at radius 3 is 2.55 bits per heavy atom. The molecule has 1 aromatic heterocycles. The van der Waals surface area contributed by atoms with E-state index in [4.69, 9.17) is 18.9 Å². The van der Waals surface area contributed by atoms with Crippen LogP contribution in [0.2, 0.25) is 0 Å². The summed E-state index contributed by atoms with van der Waals surface area (Å²) in [5.74, 6) is 5.53. The van der Waals surface area contributed by atoms with Crippen molar-refractivity contribution >= 4 is 11.8 Å². The molecule has 0 bridgehead atoms. The first-order valence-electron chi connectivity index (χ1n) is 10.4. The number of hydrogen-bond acceptors (Lipinski definition) is 7. The van der Waals surface area contributed by atoms with Crippen molar-refractivity contribution in [2.45, 2.75) is 32.4 Å². The zero-order chi connectivity index (χ0) is 20.2. The summed E-state index contributed by atoms with van der Waals surface area (Å²) in [6.45, 7) is 7.61. The van der Waals surface area contributed by atoms with Gasteiger partial charge in [-0.15, -0.1) is 0 Å². The maximum absolute atomic E-state index is 6.01. The average Bonchev–Trinajstić information content (AvgIpc) is 3.14. The standard InChI is InChI=1S/C22H31N3O3S/c1-16-20(15-24-8-6-17(7-9-24)25-10-12-29-13-11-25)23-22(28-16)19-5-4-18(26-2)14-21(19)27-3/h4-5,14,17H,6-13,15H2,1-3H3. The number of oxazole rings is 1. The van der Waals surface area contributed by atoms with Gasteiger partial charge in [-0.3, -0.25) is 9.80 Å². The lowest BCUT2D eigenvalue weighted by Crippen LogP contribution is -2.47. The lowest BCUT2D eigenvalue weighted by molar-refractivity contribution is 0.111. The van der Waals surface area contributed by atoms with Gasteiger partial charge in [-0.2, -0.15) is 11.8 Å². The largest absolute Gasteiger partial charge is 0.497 e. The van der Waals surface area contributed by atoms with Gasteiger partial charge >= 0.3 is 0 Å². The molecule has 7 heteroatoms. The van der Waals surface area contributed by atoms with E-state index in [9.17, 15) is 0 Å². The summed E-state index contributed by atoms with van der Waals surface area (Å²) >= 11 is 2.08. The number of thioether (sulfide) groups is 1. The molecule has 3 heterocycles. The van der Waals surface area contributed by atoms with E-state index >= 15 is 0 Å². The van der Waals surface area contributed by atoms with E-state index in [1.54, 1.807) is 14.2 Å². The molecule has 0 N–H and O–H groups in total. The summed E-state index contributed by atoms with van der Waals surface area (Å²) in [7, 11) is 3.30. The van der Waals surface area contributed by atoms with Crippen molar-refractivity contribution in [3.8, 4) is 23.0 Å². The highest BCUT2D eigenvalue weighted by Crippen LogP contribution is 2.34. The fourth-order valence-corrected chi connectivity index (χ4v) is 5.19. The van der Waals surface area contributed by atoms with E-state index in [0.717, 1.165) is 48.4 Å². The highest BCUT2D eigenvalue weighted by Gasteiger charge is 2.26. The van der Waals surface area contributed by atoms with Gasteiger partial charge in [-0.05, 0) is 31.9 Å². The van der Waals surface area contributed by atoms with Crippen molar-refractivity contribution < 1.29 is 13.9 Å². The number of aromatic nitrogens is 1. The van der Waals surface area contributed by atoms with Crippen LogP contribution in [0.5, 0.6) is 11.5 Å². The van der Waals surface area contributed by atoms with E-state index in [2.05, 4.69) is 21.6 Å². The zero-order valence-corrected chi connectivity index (χ0v) is 18.5. The van der Waals surface area contributed by atoms with Gasteiger partial charge in [0, 0.05) is 56.3 Å². The summed E-state index contributed by atoms with van der Waals surface area (Å²) in [4.78, 5) is 10.0. The predicted octanol–water partition coefficient (Wildman–Crippen LogP) is 3.68. The monoisotopic (exact) mass is 417 g/mol. The second kappa shape index (κ2) is 9.41. The Hall–Kier alpha value is -1.70. The topological polar surface area (TPSA) is 51.0 Å². The van der Waals surface area contributed by atoms with Crippen molar-refractivity contribution in [1.29, 1.82) is 0 Å². The van der Waals surface area contributed by atoms with Gasteiger partial charge in [-0.25, -0.2) is 4.98 Å². The van der Waals surface area contributed by atoms with Crippen LogP contribution < -0.4 is 9.47 Å². The molecule has 0 amide bonds. The molecule has 0 spiro atoms. The highest BCUT2D eigenvalue weighted by atomic mass is 32.2. The van der Waals surface area contributed by atoms with Crippen molar-refractivity contribution in [2.75, 3.05) is 51.9 Å². The molecular weight excluding hydrogens is 386 g/mol. The molecule has 29 heavy (non-hydrogen) atoms. The lowest BCUT2D eigenvalue weighted by Gasteiger charge is -2.39. The SMILES string of the molecule is COc1ccc(-c2nc(CN3CCC(N4CCSCC4)CC3)c(C)o2)c(OC)c1. The van der Waals surface area contributed by atoms with Crippen LogP contribution in [0.3, 0.4) is 0 Å². The summed E-state index contributed by atoms with van der Waals surface area (Å²) < 4.78 is 16.8. The van der Waals surface area contributed by atoms with E-state index in [1.165, 1.54) is 37.4 Å². The van der Waals surface area contributed by atoms with Gasteiger partial charge < -0.3 is 13.9 Å². The maximum Gasteiger partial charge on any atom is 0.230 e. The molecule has 0 saturated carbocycles. The summed E-state index contributed by atoms with van der Waals surface area (Å²) in [6, 6.07) is 6.46. The molecule has 6 nitrogen and oxygen atoms in total. The Balaban J connectivity index is 1.40. The smallest absolute Gasteiger partial charge is 0.230 e. The molecule has 4 rings (SSSR count). The summed E-state index contributed by atoms with van der Waals surface area (Å²) in [5.41, 5.74) is 1.87. The van der Waals surface area contributed by atoms with Crippen LogP contribution in [-0.4, -0.2) is 72.7 Å². The van der Waals surface area contributed by atoms with Crippen molar-refractivity contribution in [3.05, 3.63) is 29.7 Å². The molecule has 0 atom stereocenters. The van der Waals surface area contributed by atoms with Gasteiger partial charge in [0.05, 0.1) is 25.5 Å². The first kappa shape index (κ1) is 20.6. The Kier molecular flexibility index (Phi) is 6.67. The third kappa shape index (κ3) is 4.73. The minimum atomic E-state index is 0.609. The molecular formula is C22H31N3O3S. The van der Waals surface area contributed by atoms with Crippen LogP contribution in [0.1, 0.15) is 24.3 Å². The van der Waals surface area contributed by atoms with Crippen LogP contribution in [0, 0.1) is 6.92 Å². The third-order valence-electron chi connectivity index (χ3n) is 6.02. The molecule has 2 aliphatic rings. The fourth-order valence-electron chi connectivity index (χ4n) is 4.26. The lowest BCUT2D eigenvalue weighted by atomic mass is 10.0. The number of aryl methyl sites for hydroxylation is 1. The van der Waals surface area contributed by atoms with Crippen LogP contribution in [-0.2, 0) is 6.54 Å². The van der Waals surface area contributed by atoms with E-state index in [-0.39, 0.29) is 0 Å². The molecule has 0 radical (unpaired) electrons. The Morgan fingerprint density at radius 2 is 1.86 bits per heavy atom. The van der Waals surface area contributed by atoms with Crippen LogP contribution in [0.15, 0.2) is 22.6 Å². The number of methoxy groups -OCH3 is 2. The molecule has 1 aromatic carbocycles. The number of hydrogen-bond donors (Lipinski definition) is 0. The van der Waals surface area contributed by atoms with Crippen molar-refractivity contribution in [3.63, 3.8) is 0 Å². The van der Waals surface area contributed by atoms with Crippen LogP contribution >= 0.6 is 11.8 Å². The second-order valence-electron chi connectivity index (χ2n) is 7.74. The third-order valence-corrected chi connectivity index (χ3v) is 6.97. The Morgan fingerprint density at radius 1 is 1.10 bits per heavy atom. The molecule has 2 fully saturated rings. The number of piperidine rings is 1. The number of nitrogens with zero attached hydrogens (tertiary/aromatic N) is 3. The van der Waals surface area contributed by atoms with Gasteiger partial charge in [0.15, 0.2) is 0 Å². The van der Waals surface area contributed by atoms with Gasteiger partial charge in [-0.1, -0.05) is 0 Å². The fraction of sp³-hybridized carbons (Fsp3) is 0.591. The Labute approximate surface area is 177 Å². The van der Waals surface area contributed by atoms with E-state index in [0.29, 0.717) is 11.6 Å².